The van der Waals surface area contributed by atoms with Gasteiger partial charge in [0.2, 0.25) is 5.92 Å². The maximum Gasteiger partial charge on any atom is 0.313 e. The number of aliphatic carboxylic acids is 2. The number of hydrogen-bond acceptors (Lipinski definition) is 2. The van der Waals surface area contributed by atoms with Gasteiger partial charge in [-0.1, -0.05) is 6.92 Å². The summed E-state index contributed by atoms with van der Waals surface area (Å²) in [6.45, 7) is 0.964. The molecule has 0 bridgehead atoms. The molecular weight excluding hydrogens is 291 g/mol. The van der Waals surface area contributed by atoms with Crippen LogP contribution >= 0.6 is 0 Å². The van der Waals surface area contributed by atoms with Crippen molar-refractivity contribution in [2.75, 3.05) is 0 Å². The van der Waals surface area contributed by atoms with Gasteiger partial charge >= 0.3 is 11.9 Å². The predicted octanol–water partition coefficient (Wildman–Crippen LogP) is 2.96. The standard InChI is InChI=1S/C11H15F5O4/c1-3-11(15,16)5-10(8(19)20,4-6(17)18)7(12)9(2,13)14/h7H,3-5H2,1-2H3,(H,17,18)(H,19,20). The highest BCUT2D eigenvalue weighted by molar-refractivity contribution is 5.82. The highest BCUT2D eigenvalue weighted by atomic mass is 19.3. The van der Waals surface area contributed by atoms with Gasteiger partial charge in [0.1, 0.15) is 5.41 Å². The Balaban J connectivity index is 5.84. The lowest BCUT2D eigenvalue weighted by molar-refractivity contribution is -0.187. The first-order chi connectivity index (χ1) is 8.78. The second-order valence-electron chi connectivity index (χ2n) is 4.74. The van der Waals surface area contributed by atoms with Crippen molar-refractivity contribution < 1.29 is 41.8 Å². The van der Waals surface area contributed by atoms with E-state index in [1.54, 1.807) is 0 Å². The van der Waals surface area contributed by atoms with Crippen molar-refractivity contribution in [1.82, 2.24) is 0 Å². The fourth-order valence-corrected chi connectivity index (χ4v) is 1.84. The summed E-state index contributed by atoms with van der Waals surface area (Å²) in [6, 6.07) is 0. The van der Waals surface area contributed by atoms with E-state index in [-0.39, 0.29) is 6.92 Å². The van der Waals surface area contributed by atoms with E-state index in [1.807, 2.05) is 0 Å². The smallest absolute Gasteiger partial charge is 0.313 e. The molecule has 0 fully saturated rings. The summed E-state index contributed by atoms with van der Waals surface area (Å²) in [5.41, 5.74) is -3.40. The summed E-state index contributed by atoms with van der Waals surface area (Å²) in [5.74, 6) is -12.3. The first kappa shape index (κ1) is 18.6. The first-order valence-electron chi connectivity index (χ1n) is 5.63. The molecule has 0 saturated heterocycles. The Hall–Kier alpha value is -1.41. The third-order valence-electron chi connectivity index (χ3n) is 2.91. The van der Waals surface area contributed by atoms with Gasteiger partial charge in [-0.3, -0.25) is 9.59 Å². The molecule has 0 aliphatic heterocycles. The van der Waals surface area contributed by atoms with Crippen LogP contribution in [0, 0.1) is 5.41 Å². The Kier molecular flexibility index (Phi) is 5.51. The minimum Gasteiger partial charge on any atom is -0.481 e. The Bertz CT molecular complexity index is 379. The van der Waals surface area contributed by atoms with Crippen molar-refractivity contribution in [1.29, 1.82) is 0 Å². The van der Waals surface area contributed by atoms with Gasteiger partial charge in [0.15, 0.2) is 6.17 Å². The van der Waals surface area contributed by atoms with Gasteiger partial charge in [0.05, 0.1) is 6.42 Å². The summed E-state index contributed by atoms with van der Waals surface area (Å²) in [7, 11) is 0. The molecule has 9 heteroatoms. The number of rotatable bonds is 8. The Morgan fingerprint density at radius 1 is 1.15 bits per heavy atom. The molecule has 118 valence electrons. The zero-order valence-electron chi connectivity index (χ0n) is 10.8. The minimum atomic E-state index is -4.27. The predicted molar refractivity (Wildman–Crippen MR) is 57.7 cm³/mol. The monoisotopic (exact) mass is 306 g/mol. The van der Waals surface area contributed by atoms with Gasteiger partial charge < -0.3 is 10.2 Å². The third kappa shape index (κ3) is 4.31. The molecule has 0 aromatic heterocycles. The Morgan fingerprint density at radius 3 is 1.85 bits per heavy atom. The zero-order chi connectivity index (χ0) is 16.4. The molecule has 0 amide bonds. The topological polar surface area (TPSA) is 74.6 Å². The van der Waals surface area contributed by atoms with Crippen LogP contribution in [-0.2, 0) is 9.59 Å². The van der Waals surface area contributed by atoms with E-state index in [4.69, 9.17) is 10.2 Å². The number of halogens is 5. The molecule has 2 N–H and O–H groups in total. The van der Waals surface area contributed by atoms with Crippen LogP contribution in [0.25, 0.3) is 0 Å². The molecule has 2 unspecified atom stereocenters. The number of hydrogen-bond donors (Lipinski definition) is 2. The van der Waals surface area contributed by atoms with Crippen LogP contribution in [0.4, 0.5) is 22.0 Å². The molecule has 0 radical (unpaired) electrons. The molecule has 0 aromatic carbocycles. The van der Waals surface area contributed by atoms with Crippen LogP contribution < -0.4 is 0 Å². The van der Waals surface area contributed by atoms with Crippen molar-refractivity contribution in [2.24, 2.45) is 5.41 Å². The van der Waals surface area contributed by atoms with Crippen molar-refractivity contribution >= 4 is 11.9 Å². The lowest BCUT2D eigenvalue weighted by atomic mass is 9.72. The van der Waals surface area contributed by atoms with Gasteiger partial charge in [-0.2, -0.15) is 0 Å². The van der Waals surface area contributed by atoms with Gasteiger partial charge in [0.25, 0.3) is 5.92 Å². The number of alkyl halides is 5. The summed E-state index contributed by atoms with van der Waals surface area (Å²) < 4.78 is 66.5. The van der Waals surface area contributed by atoms with E-state index < -0.39 is 54.6 Å². The Morgan fingerprint density at radius 2 is 1.60 bits per heavy atom. The van der Waals surface area contributed by atoms with Crippen LogP contribution in [0.15, 0.2) is 0 Å². The van der Waals surface area contributed by atoms with E-state index in [2.05, 4.69) is 0 Å². The van der Waals surface area contributed by atoms with Crippen LogP contribution in [0.2, 0.25) is 0 Å². The SMILES string of the molecule is CCC(F)(F)CC(CC(=O)O)(C(=O)O)C(F)C(C)(F)F. The highest BCUT2D eigenvalue weighted by Crippen LogP contribution is 2.46. The first-order valence-corrected chi connectivity index (χ1v) is 5.63. The lowest BCUT2D eigenvalue weighted by Gasteiger charge is -2.36. The van der Waals surface area contributed by atoms with Gasteiger partial charge in [-0.25, -0.2) is 22.0 Å². The average molecular weight is 306 g/mol. The van der Waals surface area contributed by atoms with Crippen molar-refractivity contribution in [3.63, 3.8) is 0 Å². The second-order valence-corrected chi connectivity index (χ2v) is 4.74. The second kappa shape index (κ2) is 5.92. The van der Waals surface area contributed by atoms with Crippen LogP contribution in [0.3, 0.4) is 0 Å². The normalized spacial score (nSPS) is 17.4. The molecule has 0 aromatic rings. The molecule has 0 spiro atoms. The number of carbonyl (C=O) groups is 2. The number of carboxylic acids is 2. The van der Waals surface area contributed by atoms with Gasteiger partial charge in [0, 0.05) is 19.8 Å². The minimum absolute atomic E-state index is 0.0152. The molecule has 0 saturated carbocycles. The zero-order valence-corrected chi connectivity index (χ0v) is 10.8. The van der Waals surface area contributed by atoms with Crippen LogP contribution in [-0.4, -0.2) is 40.2 Å². The van der Waals surface area contributed by atoms with Gasteiger partial charge in [-0.05, 0) is 0 Å². The molecule has 0 rings (SSSR count). The Labute approximate surface area is 111 Å². The number of carboxylic acid groups (broad SMARTS) is 2. The van der Waals surface area contributed by atoms with E-state index in [1.165, 1.54) is 0 Å². The van der Waals surface area contributed by atoms with Crippen molar-refractivity contribution in [3.05, 3.63) is 0 Å². The summed E-state index contributed by atoms with van der Waals surface area (Å²) in [6.07, 6.45) is -7.96. The average Bonchev–Trinajstić information content (AvgIpc) is 2.24. The third-order valence-corrected chi connectivity index (χ3v) is 2.91. The van der Waals surface area contributed by atoms with Crippen LogP contribution in [0.1, 0.15) is 33.1 Å². The fraction of sp³-hybridized carbons (Fsp3) is 0.818. The summed E-state index contributed by atoms with van der Waals surface area (Å²) >= 11 is 0. The fourth-order valence-electron chi connectivity index (χ4n) is 1.84. The van der Waals surface area contributed by atoms with E-state index in [0.29, 0.717) is 0 Å². The molecule has 20 heavy (non-hydrogen) atoms. The lowest BCUT2D eigenvalue weighted by Crippen LogP contribution is -2.52. The quantitative estimate of drug-likeness (QED) is 0.676. The maximum atomic E-state index is 13.8. The maximum absolute atomic E-state index is 13.8. The van der Waals surface area contributed by atoms with Crippen LogP contribution in [0.5, 0.6) is 0 Å². The molecular formula is C11H15F5O4. The summed E-state index contributed by atoms with van der Waals surface area (Å²) in [5, 5.41) is 17.5. The van der Waals surface area contributed by atoms with Crippen molar-refractivity contribution in [3.8, 4) is 0 Å². The largest absolute Gasteiger partial charge is 0.481 e. The molecule has 4 nitrogen and oxygen atoms in total. The van der Waals surface area contributed by atoms with Gasteiger partial charge in [-0.15, -0.1) is 0 Å². The van der Waals surface area contributed by atoms with E-state index in [0.717, 1.165) is 6.92 Å². The molecule has 0 aliphatic rings. The molecule has 2 atom stereocenters. The summed E-state index contributed by atoms with van der Waals surface area (Å²) in [4.78, 5) is 21.7. The van der Waals surface area contributed by atoms with E-state index in [9.17, 15) is 31.5 Å². The van der Waals surface area contributed by atoms with Crippen molar-refractivity contribution in [2.45, 2.75) is 51.1 Å². The molecule has 0 heterocycles. The molecule has 0 aliphatic carbocycles. The van der Waals surface area contributed by atoms with E-state index >= 15 is 0 Å². The highest BCUT2D eigenvalue weighted by Gasteiger charge is 2.60.